The van der Waals surface area contributed by atoms with Crippen LogP contribution in [0.2, 0.25) is 5.15 Å². The van der Waals surface area contributed by atoms with Gasteiger partial charge in [0.1, 0.15) is 5.15 Å². The van der Waals surface area contributed by atoms with E-state index >= 15 is 0 Å². The summed E-state index contributed by atoms with van der Waals surface area (Å²) in [6.45, 7) is 2.11. The van der Waals surface area contributed by atoms with E-state index in [2.05, 4.69) is 16.9 Å². The molecule has 0 radical (unpaired) electrons. The van der Waals surface area contributed by atoms with Crippen molar-refractivity contribution in [2.75, 3.05) is 0 Å². The Balaban J connectivity index is 2.37. The second-order valence-electron chi connectivity index (χ2n) is 4.51. The first-order valence-corrected chi connectivity index (χ1v) is 6.05. The third-order valence-electron chi connectivity index (χ3n) is 2.95. The molecule has 0 N–H and O–H groups in total. The summed E-state index contributed by atoms with van der Waals surface area (Å²) < 4.78 is 37.7. The van der Waals surface area contributed by atoms with E-state index < -0.39 is 12.0 Å². The third kappa shape index (κ3) is 3.02. The first-order valence-electron chi connectivity index (χ1n) is 5.67. The molecule has 1 atom stereocenters. The van der Waals surface area contributed by atoms with Crippen LogP contribution in [0.5, 0.6) is 0 Å². The number of hydrogen-bond donors (Lipinski definition) is 0. The minimum Gasteiger partial charge on any atom is -0.225 e. The Hall–Kier alpha value is -1.10. The molecule has 1 aromatic rings. The van der Waals surface area contributed by atoms with E-state index in [4.69, 9.17) is 11.6 Å². The van der Waals surface area contributed by atoms with Crippen LogP contribution in [0.4, 0.5) is 13.2 Å². The quantitative estimate of drug-likeness (QED) is 0.713. The van der Waals surface area contributed by atoms with E-state index in [1.54, 1.807) is 0 Å². The molecule has 2 rings (SSSR count). The van der Waals surface area contributed by atoms with Gasteiger partial charge in [-0.05, 0) is 30.8 Å². The standard InChI is InChI=1S/C12H12ClF3N2/c1-7-2-4-8(5-3-7)9-6-10(13)18-11(17-9)12(14,15)16/h4,6-7H,2-3,5H2,1H3. The Morgan fingerprint density at radius 1 is 1.33 bits per heavy atom. The van der Waals surface area contributed by atoms with Gasteiger partial charge in [0.2, 0.25) is 5.82 Å². The highest BCUT2D eigenvalue weighted by Gasteiger charge is 2.35. The molecule has 1 aliphatic carbocycles. The van der Waals surface area contributed by atoms with Crippen LogP contribution >= 0.6 is 11.6 Å². The van der Waals surface area contributed by atoms with Crippen LogP contribution in [0.15, 0.2) is 12.1 Å². The largest absolute Gasteiger partial charge is 0.451 e. The fourth-order valence-electron chi connectivity index (χ4n) is 1.91. The SMILES string of the molecule is CC1CC=C(c2cc(Cl)nc(C(F)(F)F)n2)CC1. The second-order valence-corrected chi connectivity index (χ2v) is 4.89. The normalized spacial score (nSPS) is 20.7. The lowest BCUT2D eigenvalue weighted by Crippen LogP contribution is -2.13. The van der Waals surface area contributed by atoms with Gasteiger partial charge < -0.3 is 0 Å². The van der Waals surface area contributed by atoms with E-state index in [0.29, 0.717) is 5.92 Å². The van der Waals surface area contributed by atoms with Crippen molar-refractivity contribution < 1.29 is 13.2 Å². The summed E-state index contributed by atoms with van der Waals surface area (Å²) in [6.07, 6.45) is -0.0892. The van der Waals surface area contributed by atoms with Gasteiger partial charge in [-0.1, -0.05) is 24.6 Å². The molecule has 6 heteroatoms. The average Bonchev–Trinajstić information content (AvgIpc) is 2.28. The summed E-state index contributed by atoms with van der Waals surface area (Å²) in [6, 6.07) is 1.39. The van der Waals surface area contributed by atoms with Crippen molar-refractivity contribution in [3.63, 3.8) is 0 Å². The lowest BCUT2D eigenvalue weighted by Gasteiger charge is -2.18. The summed E-state index contributed by atoms with van der Waals surface area (Å²) in [5.41, 5.74) is 1.11. The van der Waals surface area contributed by atoms with Crippen molar-refractivity contribution in [3.05, 3.63) is 28.8 Å². The summed E-state index contributed by atoms with van der Waals surface area (Å²) in [5.74, 6) is -0.613. The minimum atomic E-state index is -4.57. The van der Waals surface area contributed by atoms with Crippen LogP contribution in [0.3, 0.4) is 0 Å². The number of aromatic nitrogens is 2. The predicted molar refractivity (Wildman–Crippen MR) is 63.0 cm³/mol. The van der Waals surface area contributed by atoms with Gasteiger partial charge in [-0.25, -0.2) is 9.97 Å². The molecule has 0 amide bonds. The molecule has 1 unspecified atom stereocenters. The summed E-state index contributed by atoms with van der Waals surface area (Å²) >= 11 is 5.63. The zero-order valence-electron chi connectivity index (χ0n) is 9.76. The molecule has 1 aliphatic rings. The van der Waals surface area contributed by atoms with Gasteiger partial charge in [0, 0.05) is 6.07 Å². The zero-order valence-corrected chi connectivity index (χ0v) is 10.5. The summed E-state index contributed by atoms with van der Waals surface area (Å²) in [7, 11) is 0. The van der Waals surface area contributed by atoms with Crippen molar-refractivity contribution >= 4 is 17.2 Å². The van der Waals surface area contributed by atoms with E-state index in [1.165, 1.54) is 6.07 Å². The maximum atomic E-state index is 12.6. The van der Waals surface area contributed by atoms with Crippen LogP contribution in [-0.2, 0) is 6.18 Å². The number of rotatable bonds is 1. The van der Waals surface area contributed by atoms with Gasteiger partial charge in [-0.3, -0.25) is 0 Å². The van der Waals surface area contributed by atoms with Crippen LogP contribution in [0, 0.1) is 5.92 Å². The molecular formula is C12H12ClF3N2. The van der Waals surface area contributed by atoms with Gasteiger partial charge in [-0.2, -0.15) is 13.2 Å². The lowest BCUT2D eigenvalue weighted by atomic mass is 9.89. The smallest absolute Gasteiger partial charge is 0.225 e. The van der Waals surface area contributed by atoms with Crippen molar-refractivity contribution in [2.24, 2.45) is 5.92 Å². The molecule has 0 saturated carbocycles. The number of halogens is 4. The maximum absolute atomic E-state index is 12.6. The molecule has 1 aromatic heterocycles. The summed E-state index contributed by atoms with van der Waals surface area (Å²) in [5, 5.41) is -0.174. The molecule has 98 valence electrons. The monoisotopic (exact) mass is 276 g/mol. The van der Waals surface area contributed by atoms with Gasteiger partial charge in [0.15, 0.2) is 0 Å². The predicted octanol–water partition coefficient (Wildman–Crippen LogP) is 4.35. The first-order chi connectivity index (χ1) is 8.36. The molecule has 2 nitrogen and oxygen atoms in total. The van der Waals surface area contributed by atoms with Gasteiger partial charge in [0.05, 0.1) is 5.69 Å². The van der Waals surface area contributed by atoms with Crippen LogP contribution in [0.25, 0.3) is 5.57 Å². The molecule has 0 fully saturated rings. The highest BCUT2D eigenvalue weighted by Crippen LogP contribution is 2.32. The average molecular weight is 277 g/mol. The maximum Gasteiger partial charge on any atom is 0.451 e. The number of alkyl halides is 3. The highest BCUT2D eigenvalue weighted by atomic mass is 35.5. The van der Waals surface area contributed by atoms with Gasteiger partial charge in [-0.15, -0.1) is 0 Å². The molecule has 0 aliphatic heterocycles. The molecule has 1 heterocycles. The molecule has 0 bridgehead atoms. The number of hydrogen-bond acceptors (Lipinski definition) is 2. The van der Waals surface area contributed by atoms with Crippen molar-refractivity contribution in [1.82, 2.24) is 9.97 Å². The fraction of sp³-hybridized carbons (Fsp3) is 0.500. The second kappa shape index (κ2) is 4.88. The molecular weight excluding hydrogens is 265 g/mol. The third-order valence-corrected chi connectivity index (χ3v) is 3.14. The van der Waals surface area contributed by atoms with Crippen LogP contribution < -0.4 is 0 Å². The first kappa shape index (κ1) is 13.3. The van der Waals surface area contributed by atoms with Crippen LogP contribution in [0.1, 0.15) is 37.7 Å². The molecule has 0 saturated heterocycles. The molecule has 0 aromatic carbocycles. The summed E-state index contributed by atoms with van der Waals surface area (Å²) in [4.78, 5) is 6.78. The highest BCUT2D eigenvalue weighted by molar-refractivity contribution is 6.29. The van der Waals surface area contributed by atoms with Crippen molar-refractivity contribution in [1.29, 1.82) is 0 Å². The Bertz CT molecular complexity index is 483. The Labute approximate surface area is 108 Å². The van der Waals surface area contributed by atoms with Crippen molar-refractivity contribution in [3.8, 4) is 0 Å². The topological polar surface area (TPSA) is 25.8 Å². The minimum absolute atomic E-state index is 0.174. The number of allylic oxidation sites excluding steroid dienone is 2. The molecule has 0 spiro atoms. The zero-order chi connectivity index (χ0) is 13.3. The van der Waals surface area contributed by atoms with E-state index in [1.807, 2.05) is 6.08 Å². The Kier molecular flexibility index (Phi) is 3.61. The van der Waals surface area contributed by atoms with E-state index in [0.717, 1.165) is 24.8 Å². The number of nitrogens with zero attached hydrogens (tertiary/aromatic N) is 2. The van der Waals surface area contributed by atoms with E-state index in [-0.39, 0.29) is 10.8 Å². The molecule has 18 heavy (non-hydrogen) atoms. The Morgan fingerprint density at radius 2 is 2.06 bits per heavy atom. The van der Waals surface area contributed by atoms with E-state index in [9.17, 15) is 13.2 Å². The van der Waals surface area contributed by atoms with Crippen molar-refractivity contribution in [2.45, 2.75) is 32.4 Å². The van der Waals surface area contributed by atoms with Gasteiger partial charge in [0.25, 0.3) is 0 Å². The fourth-order valence-corrected chi connectivity index (χ4v) is 2.09. The Morgan fingerprint density at radius 3 is 2.61 bits per heavy atom. The van der Waals surface area contributed by atoms with Gasteiger partial charge >= 0.3 is 6.18 Å². The lowest BCUT2D eigenvalue weighted by molar-refractivity contribution is -0.145. The van der Waals surface area contributed by atoms with Crippen LogP contribution in [-0.4, -0.2) is 9.97 Å².